The normalized spacial score (nSPS) is 14.4. The first-order valence-electron chi connectivity index (χ1n) is 14.5. The van der Waals surface area contributed by atoms with Crippen LogP contribution in [-0.4, -0.2) is 72.7 Å². The molecule has 0 saturated heterocycles. The van der Waals surface area contributed by atoms with E-state index in [0.717, 1.165) is 16.0 Å². The third kappa shape index (κ3) is 10.4. The van der Waals surface area contributed by atoms with Crippen molar-refractivity contribution < 1.29 is 33.0 Å². The molecule has 0 heterocycles. The fraction of sp³-hybridized carbons (Fsp3) is 0.364. The molecule has 0 fully saturated rings. The van der Waals surface area contributed by atoms with E-state index in [4.69, 9.17) is 5.14 Å². The maximum absolute atomic E-state index is 13.6. The smallest absolute Gasteiger partial charge is 0.407 e. The Balaban J connectivity index is 1.92. The summed E-state index contributed by atoms with van der Waals surface area (Å²) in [7, 11) is -2.71. The largest absolute Gasteiger partial charge is 0.465 e. The number of nitrogens with one attached hydrogen (secondary N) is 2. The van der Waals surface area contributed by atoms with Gasteiger partial charge in [-0.1, -0.05) is 87.5 Å². The predicted octanol–water partition coefficient (Wildman–Crippen LogP) is 3.18. The highest BCUT2D eigenvalue weighted by atomic mass is 32.2. The zero-order valence-electron chi connectivity index (χ0n) is 25.9. The van der Waals surface area contributed by atoms with Gasteiger partial charge in [0, 0.05) is 18.7 Å². The number of nitrogens with zero attached hydrogens (tertiary/aromatic N) is 1. The van der Waals surface area contributed by atoms with Crippen LogP contribution in [0.5, 0.6) is 0 Å². The second kappa shape index (κ2) is 15.2. The van der Waals surface area contributed by atoms with Gasteiger partial charge in [0.25, 0.3) is 5.91 Å². The van der Waals surface area contributed by atoms with E-state index in [-0.39, 0.29) is 23.3 Å². The number of rotatable bonds is 13. The summed E-state index contributed by atoms with van der Waals surface area (Å²) in [5.41, 5.74) is 1.04. The van der Waals surface area contributed by atoms with Gasteiger partial charge in [-0.25, -0.2) is 18.4 Å². The molecule has 0 aromatic heterocycles. The summed E-state index contributed by atoms with van der Waals surface area (Å²) < 4.78 is 23.7. The molecule has 0 bridgehead atoms. The van der Waals surface area contributed by atoms with E-state index in [2.05, 4.69) is 10.6 Å². The molecule has 12 heteroatoms. The SMILES string of the molecule is CN(C(=O)O)[C@H](C(=O)N[C@@H](Cc1ccccc1)[C@@H](O)C[C@H](Cc1ccccc1)NC(=O)c1cccc(S(N)(=O)=O)c1)C(C)(C)C. The number of amides is 3. The summed E-state index contributed by atoms with van der Waals surface area (Å²) in [6.07, 6.45) is -1.85. The van der Waals surface area contributed by atoms with Gasteiger partial charge >= 0.3 is 6.09 Å². The first-order valence-corrected chi connectivity index (χ1v) is 16.1. The van der Waals surface area contributed by atoms with E-state index < -0.39 is 57.6 Å². The van der Waals surface area contributed by atoms with Crippen LogP contribution in [0.1, 0.15) is 48.7 Å². The number of aliphatic hydroxyl groups is 1. The van der Waals surface area contributed by atoms with Crippen molar-refractivity contribution in [1.29, 1.82) is 0 Å². The van der Waals surface area contributed by atoms with Crippen LogP contribution in [0.3, 0.4) is 0 Å². The molecule has 3 rings (SSSR count). The number of nitrogens with two attached hydrogens (primary N) is 1. The van der Waals surface area contributed by atoms with Crippen molar-refractivity contribution in [2.75, 3.05) is 7.05 Å². The lowest BCUT2D eigenvalue weighted by Gasteiger charge is -2.37. The van der Waals surface area contributed by atoms with Crippen LogP contribution < -0.4 is 15.8 Å². The summed E-state index contributed by atoms with van der Waals surface area (Å²) in [6, 6.07) is 21.4. The molecule has 0 radical (unpaired) electrons. The van der Waals surface area contributed by atoms with Crippen LogP contribution in [0, 0.1) is 5.41 Å². The van der Waals surface area contributed by atoms with Crippen LogP contribution in [0.4, 0.5) is 4.79 Å². The summed E-state index contributed by atoms with van der Waals surface area (Å²) in [6.45, 7) is 5.28. The molecule has 45 heavy (non-hydrogen) atoms. The van der Waals surface area contributed by atoms with Gasteiger partial charge in [-0.05, 0) is 54.0 Å². The lowest BCUT2D eigenvalue weighted by Crippen LogP contribution is -2.58. The second-order valence-electron chi connectivity index (χ2n) is 12.2. The highest BCUT2D eigenvalue weighted by molar-refractivity contribution is 7.89. The third-order valence-corrected chi connectivity index (χ3v) is 8.37. The van der Waals surface area contributed by atoms with Crippen LogP contribution in [0.15, 0.2) is 89.8 Å². The fourth-order valence-electron chi connectivity index (χ4n) is 5.30. The number of primary sulfonamides is 1. The van der Waals surface area contributed by atoms with Crippen molar-refractivity contribution in [3.63, 3.8) is 0 Å². The Bertz CT molecular complexity index is 1560. The minimum Gasteiger partial charge on any atom is -0.465 e. The van der Waals surface area contributed by atoms with Crippen LogP contribution in [-0.2, 0) is 27.7 Å². The first kappa shape index (κ1) is 35.2. The molecule has 0 spiro atoms. The molecule has 3 aromatic carbocycles. The van der Waals surface area contributed by atoms with Gasteiger partial charge in [0.15, 0.2) is 0 Å². The van der Waals surface area contributed by atoms with Crippen molar-refractivity contribution in [3.05, 3.63) is 102 Å². The van der Waals surface area contributed by atoms with Crippen molar-refractivity contribution in [3.8, 4) is 0 Å². The maximum atomic E-state index is 13.6. The number of hydrogen-bond donors (Lipinski definition) is 5. The van der Waals surface area contributed by atoms with E-state index in [1.807, 2.05) is 60.7 Å². The molecule has 0 saturated carbocycles. The molecule has 242 valence electrons. The Morgan fingerprint density at radius 3 is 1.93 bits per heavy atom. The Labute approximate surface area is 264 Å². The van der Waals surface area contributed by atoms with Gasteiger partial charge < -0.3 is 20.8 Å². The molecule has 4 atom stereocenters. The highest BCUT2D eigenvalue weighted by Gasteiger charge is 2.39. The molecule has 6 N–H and O–H groups in total. The number of carbonyl (C=O) groups is 3. The fourth-order valence-corrected chi connectivity index (χ4v) is 5.86. The quantitative estimate of drug-likeness (QED) is 0.191. The highest BCUT2D eigenvalue weighted by Crippen LogP contribution is 2.25. The van der Waals surface area contributed by atoms with E-state index in [1.54, 1.807) is 20.8 Å². The molecule has 11 nitrogen and oxygen atoms in total. The van der Waals surface area contributed by atoms with E-state index in [0.29, 0.717) is 6.42 Å². The van der Waals surface area contributed by atoms with Gasteiger partial charge in [-0.15, -0.1) is 0 Å². The van der Waals surface area contributed by atoms with Gasteiger partial charge in [0.1, 0.15) is 6.04 Å². The minimum absolute atomic E-state index is 0.0161. The molecule has 3 amide bonds. The topological polar surface area (TPSA) is 179 Å². The van der Waals surface area contributed by atoms with Crippen LogP contribution in [0.25, 0.3) is 0 Å². The molecular weight excluding hydrogens is 596 g/mol. The maximum Gasteiger partial charge on any atom is 0.407 e. The standard InChI is InChI=1S/C33H42N4O7S/c1-33(2,3)29(37(4)32(41)42)31(40)36-27(19-23-14-9-6-10-15-23)28(38)21-25(18-22-12-7-5-8-13-22)35-30(39)24-16-11-17-26(20-24)45(34,43)44/h5-17,20,25,27-29,38H,18-19,21H2,1-4H3,(H,35,39)(H,36,40)(H,41,42)(H2,34,43,44)/t25-,27-,28-,29+/m0/s1. The van der Waals surface area contributed by atoms with E-state index in [1.165, 1.54) is 31.3 Å². The second-order valence-corrected chi connectivity index (χ2v) is 13.8. The zero-order chi connectivity index (χ0) is 33.4. The molecule has 3 aromatic rings. The van der Waals surface area contributed by atoms with E-state index >= 15 is 0 Å². The number of benzene rings is 3. The summed E-state index contributed by atoms with van der Waals surface area (Å²) in [5.74, 6) is -1.12. The number of carboxylic acid groups (broad SMARTS) is 1. The molecule has 0 aliphatic carbocycles. The zero-order valence-corrected chi connectivity index (χ0v) is 26.7. The Morgan fingerprint density at radius 2 is 1.42 bits per heavy atom. The first-order chi connectivity index (χ1) is 21.1. The van der Waals surface area contributed by atoms with Crippen molar-refractivity contribution in [1.82, 2.24) is 15.5 Å². The average Bonchev–Trinajstić information content (AvgIpc) is 2.96. The van der Waals surface area contributed by atoms with Crippen molar-refractivity contribution in [2.45, 2.75) is 69.2 Å². The Hall–Kier alpha value is -4.26. The number of sulfonamides is 1. The van der Waals surface area contributed by atoms with Gasteiger partial charge in [0.05, 0.1) is 17.0 Å². The van der Waals surface area contributed by atoms with Crippen LogP contribution >= 0.6 is 0 Å². The third-order valence-electron chi connectivity index (χ3n) is 7.46. The van der Waals surface area contributed by atoms with Gasteiger partial charge in [-0.3, -0.25) is 14.5 Å². The Kier molecular flexibility index (Phi) is 11.9. The van der Waals surface area contributed by atoms with Crippen molar-refractivity contribution in [2.24, 2.45) is 10.6 Å². The monoisotopic (exact) mass is 638 g/mol. The van der Waals surface area contributed by atoms with Crippen LogP contribution in [0.2, 0.25) is 0 Å². The van der Waals surface area contributed by atoms with E-state index in [9.17, 15) is 33.0 Å². The summed E-state index contributed by atoms with van der Waals surface area (Å²) in [4.78, 5) is 39.5. The van der Waals surface area contributed by atoms with Gasteiger partial charge in [0.2, 0.25) is 15.9 Å². The number of hydrogen-bond acceptors (Lipinski definition) is 6. The predicted molar refractivity (Wildman–Crippen MR) is 171 cm³/mol. The summed E-state index contributed by atoms with van der Waals surface area (Å²) >= 11 is 0. The minimum atomic E-state index is -4.04. The molecule has 0 aliphatic rings. The molecule has 0 unspecified atom stereocenters. The average molecular weight is 639 g/mol. The Morgan fingerprint density at radius 1 is 0.867 bits per heavy atom. The lowest BCUT2D eigenvalue weighted by molar-refractivity contribution is -0.130. The number of carbonyl (C=O) groups excluding carboxylic acids is 2. The molecular formula is C33H42N4O7S. The lowest BCUT2D eigenvalue weighted by atomic mass is 9.84. The summed E-state index contributed by atoms with van der Waals surface area (Å²) in [5, 5.41) is 32.4. The van der Waals surface area contributed by atoms with Gasteiger partial charge in [-0.2, -0.15) is 0 Å². The molecule has 0 aliphatic heterocycles. The number of aliphatic hydroxyl groups excluding tert-OH is 1. The number of likely N-dealkylation sites (N-methyl/N-ethyl adjacent to an activating group) is 1. The van der Waals surface area contributed by atoms with Crippen molar-refractivity contribution >= 4 is 27.9 Å².